The molecular weight excluding hydrogens is 281 g/mol. The van der Waals surface area contributed by atoms with Crippen molar-refractivity contribution in [3.05, 3.63) is 50.7 Å². The third-order valence-corrected chi connectivity index (χ3v) is 3.38. The van der Waals surface area contributed by atoms with Crippen molar-refractivity contribution in [3.63, 3.8) is 0 Å². The Morgan fingerprint density at radius 2 is 1.94 bits per heavy atom. The summed E-state index contributed by atoms with van der Waals surface area (Å²) in [7, 11) is 1.78. The number of nitrogens with two attached hydrogens (primary N) is 1. The first-order valence-electron chi connectivity index (χ1n) is 4.88. The molecular formula is C11H10Cl3N3. The molecule has 17 heavy (non-hydrogen) atoms. The Morgan fingerprint density at radius 1 is 1.24 bits per heavy atom. The van der Waals surface area contributed by atoms with Crippen molar-refractivity contribution < 1.29 is 0 Å². The van der Waals surface area contributed by atoms with E-state index in [1.807, 2.05) is 0 Å². The van der Waals surface area contributed by atoms with Gasteiger partial charge in [0.15, 0.2) is 0 Å². The van der Waals surface area contributed by atoms with Crippen molar-refractivity contribution in [2.24, 2.45) is 12.8 Å². The van der Waals surface area contributed by atoms with E-state index in [1.54, 1.807) is 36.1 Å². The summed E-state index contributed by atoms with van der Waals surface area (Å²) in [6, 6.07) is 4.76. The lowest BCUT2D eigenvalue weighted by atomic mass is 10.0. The number of hydrogen-bond donors (Lipinski definition) is 1. The number of nitrogens with zero attached hydrogens (tertiary/aromatic N) is 2. The molecule has 2 N–H and O–H groups in total. The average molecular weight is 291 g/mol. The fraction of sp³-hybridized carbons (Fsp3) is 0.182. The van der Waals surface area contributed by atoms with E-state index < -0.39 is 6.04 Å². The lowest BCUT2D eigenvalue weighted by Crippen LogP contribution is -2.16. The molecule has 0 aliphatic heterocycles. The molecule has 6 heteroatoms. The molecule has 2 rings (SSSR count). The van der Waals surface area contributed by atoms with Crippen LogP contribution in [0.1, 0.15) is 17.3 Å². The van der Waals surface area contributed by atoms with Gasteiger partial charge in [-0.3, -0.25) is 4.68 Å². The van der Waals surface area contributed by atoms with Gasteiger partial charge in [-0.2, -0.15) is 5.10 Å². The summed E-state index contributed by atoms with van der Waals surface area (Å²) < 4.78 is 1.64. The minimum Gasteiger partial charge on any atom is -0.319 e. The van der Waals surface area contributed by atoms with E-state index in [9.17, 15) is 0 Å². The van der Waals surface area contributed by atoms with Crippen molar-refractivity contribution in [1.82, 2.24) is 9.78 Å². The van der Waals surface area contributed by atoms with Crippen LogP contribution in [0.4, 0.5) is 0 Å². The predicted octanol–water partition coefficient (Wildman–Crippen LogP) is 3.43. The number of aryl methyl sites for hydroxylation is 1. The zero-order chi connectivity index (χ0) is 12.6. The van der Waals surface area contributed by atoms with Crippen LogP contribution in [-0.4, -0.2) is 9.78 Å². The largest absolute Gasteiger partial charge is 0.319 e. The van der Waals surface area contributed by atoms with Crippen molar-refractivity contribution >= 4 is 34.8 Å². The molecule has 0 saturated carbocycles. The Kier molecular flexibility index (Phi) is 3.64. The van der Waals surface area contributed by atoms with Gasteiger partial charge in [-0.25, -0.2) is 0 Å². The highest BCUT2D eigenvalue weighted by Crippen LogP contribution is 2.31. The molecule has 1 unspecified atom stereocenters. The summed E-state index contributed by atoms with van der Waals surface area (Å²) >= 11 is 18.0. The van der Waals surface area contributed by atoms with Crippen molar-refractivity contribution in [1.29, 1.82) is 0 Å². The van der Waals surface area contributed by atoms with Gasteiger partial charge in [0.25, 0.3) is 0 Å². The van der Waals surface area contributed by atoms with Gasteiger partial charge in [0.2, 0.25) is 0 Å². The van der Waals surface area contributed by atoms with Gasteiger partial charge >= 0.3 is 0 Å². The van der Waals surface area contributed by atoms with E-state index in [0.717, 1.165) is 11.3 Å². The molecule has 0 radical (unpaired) electrons. The fourth-order valence-corrected chi connectivity index (χ4v) is 2.48. The number of halogens is 3. The number of benzene rings is 1. The van der Waals surface area contributed by atoms with E-state index in [0.29, 0.717) is 15.1 Å². The molecule has 2 aromatic rings. The summed E-state index contributed by atoms with van der Waals surface area (Å²) in [5.74, 6) is 0. The van der Waals surface area contributed by atoms with Gasteiger partial charge < -0.3 is 5.73 Å². The van der Waals surface area contributed by atoms with E-state index in [4.69, 9.17) is 40.5 Å². The second kappa shape index (κ2) is 4.86. The first-order chi connectivity index (χ1) is 8.00. The molecule has 0 fully saturated rings. The molecule has 0 bridgehead atoms. The summed E-state index contributed by atoms with van der Waals surface area (Å²) in [5.41, 5.74) is 7.62. The van der Waals surface area contributed by atoms with Crippen LogP contribution in [0.5, 0.6) is 0 Å². The maximum Gasteiger partial charge on any atom is 0.0837 e. The SMILES string of the molecule is Cn1ncc(Cl)c1C(N)c1ccc(Cl)cc1Cl. The lowest BCUT2D eigenvalue weighted by molar-refractivity contribution is 0.673. The molecule has 0 saturated heterocycles. The highest BCUT2D eigenvalue weighted by molar-refractivity contribution is 6.35. The zero-order valence-electron chi connectivity index (χ0n) is 8.99. The second-order valence-electron chi connectivity index (χ2n) is 3.64. The first kappa shape index (κ1) is 12.7. The molecule has 0 aliphatic rings. The van der Waals surface area contributed by atoms with Gasteiger partial charge in [0, 0.05) is 17.1 Å². The Labute approximate surface area is 114 Å². The first-order valence-corrected chi connectivity index (χ1v) is 6.02. The van der Waals surface area contributed by atoms with Crippen LogP contribution in [0, 0.1) is 0 Å². The zero-order valence-corrected chi connectivity index (χ0v) is 11.3. The van der Waals surface area contributed by atoms with Crippen molar-refractivity contribution in [3.8, 4) is 0 Å². The molecule has 0 aliphatic carbocycles. The molecule has 0 spiro atoms. The number of hydrogen-bond acceptors (Lipinski definition) is 2. The van der Waals surface area contributed by atoms with E-state index in [2.05, 4.69) is 5.10 Å². The fourth-order valence-electron chi connectivity index (χ4n) is 1.67. The van der Waals surface area contributed by atoms with Gasteiger partial charge in [-0.05, 0) is 17.7 Å². The van der Waals surface area contributed by atoms with Gasteiger partial charge in [-0.15, -0.1) is 0 Å². The Balaban J connectivity index is 2.47. The maximum atomic E-state index is 6.14. The van der Waals surface area contributed by atoms with Gasteiger partial charge in [0.05, 0.1) is 23.0 Å². The second-order valence-corrected chi connectivity index (χ2v) is 4.90. The van der Waals surface area contributed by atoms with Crippen LogP contribution >= 0.6 is 34.8 Å². The maximum absolute atomic E-state index is 6.14. The average Bonchev–Trinajstić information content (AvgIpc) is 2.58. The molecule has 1 aromatic carbocycles. The topological polar surface area (TPSA) is 43.8 Å². The highest BCUT2D eigenvalue weighted by Gasteiger charge is 2.19. The summed E-state index contributed by atoms with van der Waals surface area (Å²) in [6.07, 6.45) is 1.56. The van der Waals surface area contributed by atoms with Crippen LogP contribution in [0.25, 0.3) is 0 Å². The molecule has 1 atom stereocenters. The lowest BCUT2D eigenvalue weighted by Gasteiger charge is -2.15. The summed E-state index contributed by atoms with van der Waals surface area (Å²) in [4.78, 5) is 0. The van der Waals surface area contributed by atoms with Crippen LogP contribution in [-0.2, 0) is 7.05 Å². The molecule has 1 heterocycles. The molecule has 90 valence electrons. The van der Waals surface area contributed by atoms with Gasteiger partial charge in [-0.1, -0.05) is 40.9 Å². The number of aromatic nitrogens is 2. The third kappa shape index (κ3) is 2.43. The summed E-state index contributed by atoms with van der Waals surface area (Å²) in [5, 5.41) is 5.65. The number of rotatable bonds is 2. The molecule has 1 aromatic heterocycles. The van der Waals surface area contributed by atoms with Crippen molar-refractivity contribution in [2.45, 2.75) is 6.04 Å². The van der Waals surface area contributed by atoms with E-state index in [-0.39, 0.29) is 0 Å². The standard InChI is InChI=1S/C11H10Cl3N3/c1-17-11(9(14)5-16-17)10(15)7-3-2-6(12)4-8(7)13/h2-5,10H,15H2,1H3. The predicted molar refractivity (Wildman–Crippen MR) is 70.7 cm³/mol. The van der Waals surface area contributed by atoms with Crippen LogP contribution < -0.4 is 5.73 Å². The van der Waals surface area contributed by atoms with Crippen LogP contribution in [0.15, 0.2) is 24.4 Å². The summed E-state index contributed by atoms with van der Waals surface area (Å²) in [6.45, 7) is 0. The monoisotopic (exact) mass is 289 g/mol. The molecule has 3 nitrogen and oxygen atoms in total. The van der Waals surface area contributed by atoms with E-state index >= 15 is 0 Å². The van der Waals surface area contributed by atoms with Crippen LogP contribution in [0.3, 0.4) is 0 Å². The Hall–Kier alpha value is -0.740. The third-order valence-electron chi connectivity index (χ3n) is 2.53. The molecule has 0 amide bonds. The Bertz CT molecular complexity index is 531. The van der Waals surface area contributed by atoms with Crippen LogP contribution in [0.2, 0.25) is 15.1 Å². The normalized spacial score (nSPS) is 12.8. The quantitative estimate of drug-likeness (QED) is 0.921. The van der Waals surface area contributed by atoms with E-state index in [1.165, 1.54) is 0 Å². The minimum absolute atomic E-state index is 0.431. The Morgan fingerprint density at radius 3 is 2.47 bits per heavy atom. The van der Waals surface area contributed by atoms with Gasteiger partial charge in [0.1, 0.15) is 0 Å². The smallest absolute Gasteiger partial charge is 0.0837 e. The highest BCUT2D eigenvalue weighted by atomic mass is 35.5. The minimum atomic E-state index is -0.431. The van der Waals surface area contributed by atoms with Crippen molar-refractivity contribution in [2.75, 3.05) is 0 Å².